The number of hydrogen-bond donors (Lipinski definition) is 0. The zero-order valence-electron chi connectivity index (χ0n) is 25.9. The molecule has 2 atom stereocenters. The molecule has 1 saturated carbocycles. The number of rotatable bonds is 10. The third kappa shape index (κ3) is 6.50. The van der Waals surface area contributed by atoms with Crippen LogP contribution in [0.2, 0.25) is 0 Å². The van der Waals surface area contributed by atoms with Crippen molar-refractivity contribution in [3.8, 4) is 17.4 Å². The number of likely N-dealkylation sites (tertiary alicyclic amines) is 1. The van der Waals surface area contributed by atoms with E-state index in [2.05, 4.69) is 22.1 Å². The van der Waals surface area contributed by atoms with Gasteiger partial charge in [-0.25, -0.2) is 18.2 Å². The lowest BCUT2D eigenvalue weighted by molar-refractivity contribution is -0.145. The minimum Gasteiger partial charge on any atom is -0.480 e. The zero-order valence-corrected chi connectivity index (χ0v) is 25.9. The molecule has 2 aliphatic heterocycles. The number of aromatic nitrogens is 3. The highest BCUT2D eigenvalue weighted by atomic mass is 19.3. The van der Waals surface area contributed by atoms with Gasteiger partial charge in [0.05, 0.1) is 12.7 Å². The molecule has 3 aliphatic rings. The molecule has 1 aliphatic carbocycles. The van der Waals surface area contributed by atoms with Crippen LogP contribution in [0.1, 0.15) is 67.8 Å². The van der Waals surface area contributed by atoms with Crippen LogP contribution in [0.5, 0.6) is 17.4 Å². The topological polar surface area (TPSA) is 89.3 Å². The Labute approximate surface area is 270 Å². The Kier molecular flexibility index (Phi) is 8.74. The van der Waals surface area contributed by atoms with Gasteiger partial charge in [-0.3, -0.25) is 14.0 Å². The number of carbonyl (C=O) groups is 2. The van der Waals surface area contributed by atoms with Gasteiger partial charge in [-0.15, -0.1) is 0 Å². The lowest BCUT2D eigenvalue weighted by Gasteiger charge is -2.39. The number of nitrogens with zero attached hydrogens (tertiary/aromatic N) is 5. The molecule has 0 N–H and O–H groups in total. The van der Waals surface area contributed by atoms with Crippen LogP contribution in [0.15, 0.2) is 60.9 Å². The van der Waals surface area contributed by atoms with Gasteiger partial charge in [0.1, 0.15) is 5.75 Å². The van der Waals surface area contributed by atoms with Gasteiger partial charge < -0.3 is 19.3 Å². The van der Waals surface area contributed by atoms with Crippen molar-refractivity contribution >= 4 is 17.5 Å². The minimum atomic E-state index is -2.78. The Bertz CT molecular complexity index is 1760. The smallest absolute Gasteiger partial charge is 0.295 e. The molecule has 4 aromatic rings. The second-order valence-corrected chi connectivity index (χ2v) is 12.6. The molecule has 2 aromatic carbocycles. The summed E-state index contributed by atoms with van der Waals surface area (Å²) in [6, 6.07) is 14.2. The second-order valence-electron chi connectivity index (χ2n) is 12.6. The molecule has 12 heteroatoms. The van der Waals surface area contributed by atoms with Crippen LogP contribution in [-0.4, -0.2) is 68.3 Å². The van der Waals surface area contributed by atoms with E-state index in [0.29, 0.717) is 49.7 Å². The summed E-state index contributed by atoms with van der Waals surface area (Å²) in [7, 11) is 0. The highest BCUT2D eigenvalue weighted by Gasteiger charge is 2.37. The molecule has 2 fully saturated rings. The molecule has 2 aromatic heterocycles. The summed E-state index contributed by atoms with van der Waals surface area (Å²) in [4.78, 5) is 39.0. The molecular weight excluding hydrogens is 611 g/mol. The number of ether oxygens (including phenoxy) is 2. The number of carbonyl (C=O) groups excluding carboxylic acids is 2. The van der Waals surface area contributed by atoms with Crippen molar-refractivity contribution in [2.45, 2.75) is 63.4 Å². The van der Waals surface area contributed by atoms with Gasteiger partial charge in [-0.1, -0.05) is 36.8 Å². The van der Waals surface area contributed by atoms with Crippen molar-refractivity contribution < 1.29 is 32.2 Å². The maximum Gasteiger partial charge on any atom is 0.295 e. The molecule has 7 rings (SSSR count). The van der Waals surface area contributed by atoms with Crippen LogP contribution in [0.3, 0.4) is 0 Å². The van der Waals surface area contributed by atoms with Crippen LogP contribution < -0.4 is 9.47 Å². The van der Waals surface area contributed by atoms with Crippen molar-refractivity contribution in [2.75, 3.05) is 26.2 Å². The van der Waals surface area contributed by atoms with Crippen molar-refractivity contribution in [1.29, 1.82) is 0 Å². The number of hydrogen-bond acceptors (Lipinski definition) is 6. The summed E-state index contributed by atoms with van der Waals surface area (Å²) in [6.07, 6.45) is 4.85. The molecule has 0 radical (unpaired) electrons. The lowest BCUT2D eigenvalue weighted by atomic mass is 9.72. The average molecular weight is 648 g/mol. The quantitative estimate of drug-likeness (QED) is 0.200. The van der Waals surface area contributed by atoms with Gasteiger partial charge in [-0.05, 0) is 61.6 Å². The fourth-order valence-electron chi connectivity index (χ4n) is 6.82. The molecule has 0 bridgehead atoms. The van der Waals surface area contributed by atoms with E-state index in [-0.39, 0.29) is 41.6 Å². The monoisotopic (exact) mass is 647 g/mol. The number of benzene rings is 2. The van der Waals surface area contributed by atoms with E-state index < -0.39 is 24.2 Å². The van der Waals surface area contributed by atoms with Gasteiger partial charge in [-0.2, -0.15) is 4.98 Å². The Balaban J connectivity index is 1.11. The Hall–Kier alpha value is -4.61. The molecule has 2 unspecified atom stereocenters. The van der Waals surface area contributed by atoms with E-state index in [4.69, 9.17) is 9.47 Å². The van der Waals surface area contributed by atoms with E-state index in [9.17, 15) is 18.4 Å². The predicted molar refractivity (Wildman–Crippen MR) is 166 cm³/mol. The third-order valence-corrected chi connectivity index (χ3v) is 9.60. The molecular formula is C35H36F3N5O4. The Morgan fingerprint density at radius 2 is 1.83 bits per heavy atom. The summed E-state index contributed by atoms with van der Waals surface area (Å²) in [5.41, 5.74) is 1.87. The number of fused-ring (bicyclic) bond motifs is 2. The number of aryl methyl sites for hydroxylation is 1. The number of alkyl halides is 2. The zero-order chi connectivity index (χ0) is 32.5. The van der Waals surface area contributed by atoms with E-state index >= 15 is 4.39 Å². The molecule has 1 saturated heterocycles. The summed E-state index contributed by atoms with van der Waals surface area (Å²) in [6.45, 7) is 1.79. The second kappa shape index (κ2) is 13.2. The summed E-state index contributed by atoms with van der Waals surface area (Å²) < 4.78 is 54.6. The third-order valence-electron chi connectivity index (χ3n) is 9.60. The number of amides is 2. The summed E-state index contributed by atoms with van der Waals surface area (Å²) >= 11 is 0. The average Bonchev–Trinajstić information content (AvgIpc) is 3.74. The highest BCUT2D eigenvalue weighted by Crippen LogP contribution is 2.41. The highest BCUT2D eigenvalue weighted by molar-refractivity contribution is 5.87. The molecule has 246 valence electrons. The molecule has 0 spiro atoms. The van der Waals surface area contributed by atoms with Crippen molar-refractivity contribution in [3.63, 3.8) is 0 Å². The molecule has 2 amide bonds. The van der Waals surface area contributed by atoms with Gasteiger partial charge in [0.2, 0.25) is 11.8 Å². The summed E-state index contributed by atoms with van der Waals surface area (Å²) in [5.74, 6) is -0.795. The lowest BCUT2D eigenvalue weighted by Crippen LogP contribution is -2.50. The van der Waals surface area contributed by atoms with Crippen LogP contribution in [-0.2, 0) is 16.0 Å². The Morgan fingerprint density at radius 1 is 1.04 bits per heavy atom. The first-order valence-corrected chi connectivity index (χ1v) is 16.2. The molecule has 47 heavy (non-hydrogen) atoms. The summed E-state index contributed by atoms with van der Waals surface area (Å²) in [5, 5.41) is 0. The van der Waals surface area contributed by atoms with Crippen LogP contribution in [0.25, 0.3) is 5.65 Å². The van der Waals surface area contributed by atoms with Crippen LogP contribution >= 0.6 is 0 Å². The predicted octanol–water partition coefficient (Wildman–Crippen LogP) is 6.33. The number of imidazole rings is 1. The minimum absolute atomic E-state index is 0.0185. The first kappa shape index (κ1) is 31.0. The van der Waals surface area contributed by atoms with Crippen molar-refractivity contribution in [3.05, 3.63) is 83.7 Å². The maximum atomic E-state index is 15.1. The number of halogens is 3. The van der Waals surface area contributed by atoms with E-state index in [0.717, 1.165) is 42.1 Å². The fourth-order valence-corrected chi connectivity index (χ4v) is 6.82. The van der Waals surface area contributed by atoms with Crippen molar-refractivity contribution in [1.82, 2.24) is 24.2 Å². The van der Waals surface area contributed by atoms with E-state index in [1.165, 1.54) is 30.6 Å². The standard InChI is InChI=1S/C35H36F3N5O4/c36-26-17-24-11-12-27(46-28(24)18-29(26)47-31-13-16-43-30(40-31)19-39-34(43)33(37)38)35(45)42(21-32(44)41-14-4-5-15-41)20-25(23-9-6-10-23)22-7-2-1-3-8-22/h1-3,7-8,13,16-19,23,25,27,33H,4-6,9-12,14-15,20-21H2. The van der Waals surface area contributed by atoms with Gasteiger partial charge >= 0.3 is 0 Å². The fraction of sp³-hybridized carbons (Fsp3) is 0.429. The largest absolute Gasteiger partial charge is 0.480 e. The van der Waals surface area contributed by atoms with E-state index in [1.54, 1.807) is 4.90 Å². The SMILES string of the molecule is O=C(CN(CC(c1ccccc1)C1CCC1)C(=O)C1CCc2cc(F)c(Oc3ccn4c(C(F)F)ncc4n3)cc2O1)N1CCCC1. The van der Waals surface area contributed by atoms with Gasteiger partial charge in [0.15, 0.2) is 29.1 Å². The first-order valence-electron chi connectivity index (χ1n) is 16.2. The van der Waals surface area contributed by atoms with Crippen molar-refractivity contribution in [2.24, 2.45) is 5.92 Å². The maximum absolute atomic E-state index is 15.1. The van der Waals surface area contributed by atoms with Gasteiger partial charge in [0.25, 0.3) is 12.3 Å². The van der Waals surface area contributed by atoms with Crippen LogP contribution in [0, 0.1) is 11.7 Å². The molecule has 4 heterocycles. The first-order chi connectivity index (χ1) is 22.8. The van der Waals surface area contributed by atoms with E-state index in [1.807, 2.05) is 23.1 Å². The Morgan fingerprint density at radius 3 is 2.55 bits per heavy atom. The molecule has 9 nitrogen and oxygen atoms in total. The normalized spacial score (nSPS) is 18.5. The van der Waals surface area contributed by atoms with Gasteiger partial charge in [0, 0.05) is 43.9 Å². The van der Waals surface area contributed by atoms with Crippen LogP contribution in [0.4, 0.5) is 13.2 Å².